The van der Waals surface area contributed by atoms with Crippen molar-refractivity contribution in [2.75, 3.05) is 6.54 Å². The molecule has 4 N–H and O–H groups in total. The lowest BCUT2D eigenvalue weighted by Gasteiger charge is -2.63. The summed E-state index contributed by atoms with van der Waals surface area (Å²) in [5, 5.41) is 36.6. The van der Waals surface area contributed by atoms with E-state index in [2.05, 4.69) is 38.2 Å². The fourth-order valence-corrected chi connectivity index (χ4v) is 9.77. The highest BCUT2D eigenvalue weighted by atomic mass is 16.3. The topological polar surface area (TPSA) is 89.8 Å². The van der Waals surface area contributed by atoms with Gasteiger partial charge in [-0.15, -0.1) is 0 Å². The molecule has 5 heteroatoms. The Hall–Kier alpha value is -1.43. The molecule has 0 radical (unpaired) electrons. The number of hydrogen-bond acceptors (Lipinski definition) is 4. The van der Waals surface area contributed by atoms with Gasteiger partial charge in [0.1, 0.15) is 0 Å². The molecule has 0 aromatic heterocycles. The Bertz CT molecular complexity index is 938. The highest BCUT2D eigenvalue weighted by Gasteiger charge is 2.65. The molecule has 5 rings (SSSR count). The molecule has 0 unspecified atom stereocenters. The van der Waals surface area contributed by atoms with Crippen LogP contribution in [0, 0.1) is 46.3 Å². The zero-order valence-corrected chi connectivity index (χ0v) is 23.1. The summed E-state index contributed by atoms with van der Waals surface area (Å²) in [5.41, 5.74) is 1.13. The van der Waals surface area contributed by atoms with E-state index in [0.29, 0.717) is 42.6 Å². The Kier molecular flexibility index (Phi) is 7.79. The van der Waals surface area contributed by atoms with Gasteiger partial charge in [-0.2, -0.15) is 0 Å². The maximum atomic E-state index is 12.6. The fraction of sp³-hybridized carbons (Fsp3) is 0.781. The van der Waals surface area contributed by atoms with Gasteiger partial charge in [0, 0.05) is 13.0 Å². The zero-order chi connectivity index (χ0) is 26.4. The van der Waals surface area contributed by atoms with E-state index in [4.69, 9.17) is 0 Å². The third-order valence-electron chi connectivity index (χ3n) is 11.9. The van der Waals surface area contributed by atoms with Gasteiger partial charge in [-0.25, -0.2) is 0 Å². The monoisotopic (exact) mass is 511 g/mol. The van der Waals surface area contributed by atoms with E-state index < -0.39 is 0 Å². The lowest BCUT2D eigenvalue weighted by atomic mass is 9.43. The number of aliphatic hydroxyl groups excluding tert-OH is 3. The molecule has 1 aromatic rings. The number of carbonyl (C=O) groups is 1. The van der Waals surface area contributed by atoms with Crippen molar-refractivity contribution in [2.24, 2.45) is 46.3 Å². The molecule has 206 valence electrons. The number of amides is 1. The van der Waals surface area contributed by atoms with Gasteiger partial charge in [0.15, 0.2) is 0 Å². The lowest BCUT2D eigenvalue weighted by Crippen LogP contribution is -2.62. The van der Waals surface area contributed by atoms with Crippen molar-refractivity contribution in [3.63, 3.8) is 0 Å². The Labute approximate surface area is 223 Å². The van der Waals surface area contributed by atoms with E-state index in [-0.39, 0.29) is 41.0 Å². The van der Waals surface area contributed by atoms with E-state index in [1.165, 1.54) is 5.56 Å². The molecule has 0 spiro atoms. The van der Waals surface area contributed by atoms with Crippen LogP contribution in [0.2, 0.25) is 0 Å². The smallest absolute Gasteiger partial charge is 0.220 e. The number of carbonyl (C=O) groups excluding carboxylic acids is 1. The first-order valence-corrected chi connectivity index (χ1v) is 15.0. The van der Waals surface area contributed by atoms with Gasteiger partial charge in [-0.05, 0) is 110 Å². The van der Waals surface area contributed by atoms with Crippen LogP contribution in [0.1, 0.15) is 84.1 Å². The molecule has 37 heavy (non-hydrogen) atoms. The molecule has 0 bridgehead atoms. The second kappa shape index (κ2) is 10.6. The van der Waals surface area contributed by atoms with E-state index in [0.717, 1.165) is 57.8 Å². The number of benzene rings is 1. The summed E-state index contributed by atoms with van der Waals surface area (Å²) in [5.74, 6) is 2.09. The van der Waals surface area contributed by atoms with Crippen molar-refractivity contribution >= 4 is 5.91 Å². The van der Waals surface area contributed by atoms with Crippen molar-refractivity contribution in [1.82, 2.24) is 5.32 Å². The number of nitrogens with one attached hydrogen (secondary N) is 1. The molecule has 4 saturated carbocycles. The molecule has 4 aliphatic rings. The van der Waals surface area contributed by atoms with Gasteiger partial charge in [0.25, 0.3) is 0 Å². The summed E-state index contributed by atoms with van der Waals surface area (Å²) in [6.07, 6.45) is 7.59. The molecule has 0 aliphatic heterocycles. The van der Waals surface area contributed by atoms with Crippen LogP contribution >= 0.6 is 0 Å². The molecule has 0 saturated heterocycles. The number of fused-ring (bicyclic) bond motifs is 5. The van der Waals surface area contributed by atoms with E-state index in [1.54, 1.807) is 0 Å². The van der Waals surface area contributed by atoms with Crippen LogP contribution in [-0.2, 0) is 11.2 Å². The van der Waals surface area contributed by atoms with Crippen molar-refractivity contribution in [2.45, 2.75) is 103 Å². The first kappa shape index (κ1) is 27.1. The van der Waals surface area contributed by atoms with Gasteiger partial charge in [0.2, 0.25) is 5.91 Å². The van der Waals surface area contributed by atoms with Crippen LogP contribution in [-0.4, -0.2) is 46.1 Å². The third-order valence-corrected chi connectivity index (χ3v) is 11.9. The van der Waals surface area contributed by atoms with Crippen LogP contribution in [0.4, 0.5) is 0 Å². The SMILES string of the molecule is C[C@H](CCC(=O)NCCc1ccccc1)[C@H]1CC[C@H]2[C@@H]3[C@H](O)C[C@@H]4C[C@H](O)CC[C@]4(C)[C@H]3C[C@H](O)[C@]12C. The molecule has 1 amide bonds. The quantitative estimate of drug-likeness (QED) is 0.426. The molecule has 4 fully saturated rings. The molecule has 0 heterocycles. The van der Waals surface area contributed by atoms with Crippen molar-refractivity contribution < 1.29 is 20.1 Å². The van der Waals surface area contributed by atoms with Gasteiger partial charge in [-0.1, -0.05) is 51.1 Å². The van der Waals surface area contributed by atoms with Crippen LogP contribution in [0.25, 0.3) is 0 Å². The second-order valence-electron chi connectivity index (χ2n) is 13.6. The summed E-state index contributed by atoms with van der Waals surface area (Å²) in [4.78, 5) is 12.6. The normalized spacial score (nSPS) is 43.8. The average molecular weight is 512 g/mol. The molecule has 1 aromatic carbocycles. The van der Waals surface area contributed by atoms with Crippen LogP contribution in [0.15, 0.2) is 30.3 Å². The standard InChI is InChI=1S/C32H49NO4/c1-20(9-12-29(37)33-16-14-21-7-5-4-6-8-21)24-10-11-25-30-26(19-28(36)32(24,25)3)31(2)15-13-23(34)17-22(31)18-27(30)35/h4-8,20,22-28,30,34-36H,9-19H2,1-3H3,(H,33,37)/t20-,22+,23-,24-,25+,26+,27-,28+,30+,31+,32-/m1/s1. The van der Waals surface area contributed by atoms with Crippen LogP contribution in [0.5, 0.6) is 0 Å². The van der Waals surface area contributed by atoms with Gasteiger partial charge < -0.3 is 20.6 Å². The van der Waals surface area contributed by atoms with Crippen LogP contribution in [0.3, 0.4) is 0 Å². The molecular formula is C32H49NO4. The predicted molar refractivity (Wildman–Crippen MR) is 146 cm³/mol. The summed E-state index contributed by atoms with van der Waals surface area (Å²) < 4.78 is 0. The van der Waals surface area contributed by atoms with Crippen molar-refractivity contribution in [1.29, 1.82) is 0 Å². The predicted octanol–water partition coefficient (Wildman–Crippen LogP) is 4.72. The number of hydrogen-bond donors (Lipinski definition) is 4. The maximum absolute atomic E-state index is 12.6. The van der Waals surface area contributed by atoms with E-state index >= 15 is 0 Å². The third kappa shape index (κ3) is 4.89. The largest absolute Gasteiger partial charge is 0.393 e. The minimum Gasteiger partial charge on any atom is -0.393 e. The lowest BCUT2D eigenvalue weighted by molar-refractivity contribution is -0.207. The van der Waals surface area contributed by atoms with Gasteiger partial charge in [0.05, 0.1) is 18.3 Å². The summed E-state index contributed by atoms with van der Waals surface area (Å²) in [7, 11) is 0. The minimum absolute atomic E-state index is 0.104. The fourth-order valence-electron chi connectivity index (χ4n) is 9.77. The first-order chi connectivity index (χ1) is 17.6. The average Bonchev–Trinajstić information content (AvgIpc) is 3.23. The second-order valence-corrected chi connectivity index (χ2v) is 13.6. The highest BCUT2D eigenvalue weighted by Crippen LogP contribution is 2.68. The van der Waals surface area contributed by atoms with Crippen molar-refractivity contribution in [3.8, 4) is 0 Å². The van der Waals surface area contributed by atoms with E-state index in [1.807, 2.05) is 18.2 Å². The Morgan fingerprint density at radius 2 is 1.78 bits per heavy atom. The Balaban J connectivity index is 1.21. The molecule has 11 atom stereocenters. The molecular weight excluding hydrogens is 462 g/mol. The van der Waals surface area contributed by atoms with Gasteiger partial charge >= 0.3 is 0 Å². The zero-order valence-electron chi connectivity index (χ0n) is 23.1. The maximum Gasteiger partial charge on any atom is 0.220 e. The summed E-state index contributed by atoms with van der Waals surface area (Å²) in [6.45, 7) is 7.61. The Morgan fingerprint density at radius 1 is 1.03 bits per heavy atom. The number of rotatable bonds is 7. The van der Waals surface area contributed by atoms with Crippen molar-refractivity contribution in [3.05, 3.63) is 35.9 Å². The minimum atomic E-state index is -0.372. The molecule has 5 nitrogen and oxygen atoms in total. The van der Waals surface area contributed by atoms with E-state index in [9.17, 15) is 20.1 Å². The van der Waals surface area contributed by atoms with Crippen LogP contribution < -0.4 is 5.32 Å². The first-order valence-electron chi connectivity index (χ1n) is 15.0. The molecule has 4 aliphatic carbocycles. The summed E-state index contributed by atoms with van der Waals surface area (Å²) >= 11 is 0. The Morgan fingerprint density at radius 3 is 2.54 bits per heavy atom. The van der Waals surface area contributed by atoms with Gasteiger partial charge in [-0.3, -0.25) is 4.79 Å². The highest BCUT2D eigenvalue weighted by molar-refractivity contribution is 5.75. The summed E-state index contributed by atoms with van der Waals surface area (Å²) in [6, 6.07) is 10.2. The number of aliphatic hydroxyl groups is 3.